The van der Waals surface area contributed by atoms with Crippen LogP contribution < -0.4 is 0 Å². The van der Waals surface area contributed by atoms with Gasteiger partial charge in [-0.05, 0) is 12.3 Å². The largest absolute Gasteiger partial charge is 0.466 e. The van der Waals surface area contributed by atoms with Crippen LogP contribution in [-0.4, -0.2) is 12.6 Å². The van der Waals surface area contributed by atoms with Crippen LogP contribution in [0.25, 0.3) is 0 Å². The van der Waals surface area contributed by atoms with Crippen LogP contribution in [0.15, 0.2) is 11.6 Å². The number of hydrogen-bond acceptors (Lipinski definition) is 2. The predicted molar refractivity (Wildman–Crippen MR) is 54.5 cm³/mol. The molecular weight excluding hydrogens is 164 g/mol. The third-order valence-electron chi connectivity index (χ3n) is 1.48. The summed E-state index contributed by atoms with van der Waals surface area (Å²) in [6, 6.07) is 0. The molecule has 0 aliphatic rings. The predicted octanol–water partition coefficient (Wildman–Crippen LogP) is 2.93. The summed E-state index contributed by atoms with van der Waals surface area (Å²) >= 11 is 0. The normalized spacial score (nSPS) is 12.8. The summed E-state index contributed by atoms with van der Waals surface area (Å²) in [7, 11) is 0. The third-order valence-corrected chi connectivity index (χ3v) is 1.48. The van der Waals surface area contributed by atoms with E-state index in [4.69, 9.17) is 4.74 Å². The van der Waals surface area contributed by atoms with Gasteiger partial charge in [-0.1, -0.05) is 32.4 Å². The summed E-state index contributed by atoms with van der Waals surface area (Å²) < 4.78 is 4.85. The fraction of sp³-hybridized carbons (Fsp3) is 0.727. The fourth-order valence-electron chi connectivity index (χ4n) is 1.17. The van der Waals surface area contributed by atoms with Crippen molar-refractivity contribution < 1.29 is 9.53 Å². The highest BCUT2D eigenvalue weighted by molar-refractivity contribution is 5.65. The number of rotatable bonds is 3. The molecule has 0 amide bonds. The van der Waals surface area contributed by atoms with Gasteiger partial charge >= 0.3 is 5.97 Å². The molecule has 76 valence electrons. The van der Waals surface area contributed by atoms with E-state index in [1.807, 2.05) is 0 Å². The number of hydrogen-bond donors (Lipinski definition) is 0. The lowest BCUT2D eigenvalue weighted by Crippen LogP contribution is -2.04. The van der Waals surface area contributed by atoms with Gasteiger partial charge in [-0.3, -0.25) is 4.79 Å². The number of allylic oxidation sites excluding steroid dienone is 1. The van der Waals surface area contributed by atoms with Crippen LogP contribution in [0, 0.1) is 5.41 Å². The van der Waals surface area contributed by atoms with Gasteiger partial charge in [0.25, 0.3) is 0 Å². The Morgan fingerprint density at radius 2 is 1.85 bits per heavy atom. The molecule has 0 saturated carbocycles. The highest BCUT2D eigenvalue weighted by Gasteiger charge is 2.06. The summed E-state index contributed by atoms with van der Waals surface area (Å²) in [6.07, 6.45) is 3.04. The molecule has 0 heterocycles. The molecule has 0 unspecified atom stereocenters. The Morgan fingerprint density at radius 1 is 1.31 bits per heavy atom. The van der Waals surface area contributed by atoms with Crippen molar-refractivity contribution in [2.75, 3.05) is 6.61 Å². The smallest absolute Gasteiger partial charge is 0.302 e. The Morgan fingerprint density at radius 3 is 2.23 bits per heavy atom. The maximum absolute atomic E-state index is 10.5. The summed E-state index contributed by atoms with van der Waals surface area (Å²) in [5.41, 5.74) is 1.48. The minimum atomic E-state index is -0.205. The van der Waals surface area contributed by atoms with Crippen molar-refractivity contribution in [1.82, 2.24) is 0 Å². The van der Waals surface area contributed by atoms with E-state index in [1.165, 1.54) is 12.5 Å². The van der Waals surface area contributed by atoms with Crippen LogP contribution in [-0.2, 0) is 9.53 Å². The van der Waals surface area contributed by atoms with E-state index in [9.17, 15) is 4.79 Å². The van der Waals surface area contributed by atoms with Gasteiger partial charge in [-0.2, -0.15) is 0 Å². The Labute approximate surface area is 81.0 Å². The lowest BCUT2D eigenvalue weighted by Gasteiger charge is -2.14. The standard InChI is InChI=1S/C11H20O2/c1-9(8-11(3,4)5)6-7-13-10(2)12/h8H,6-7H2,1-5H3. The minimum absolute atomic E-state index is 0.205. The second-order valence-corrected chi connectivity index (χ2v) is 4.45. The van der Waals surface area contributed by atoms with Gasteiger partial charge in [-0.15, -0.1) is 0 Å². The van der Waals surface area contributed by atoms with E-state index in [2.05, 4.69) is 33.8 Å². The summed E-state index contributed by atoms with van der Waals surface area (Å²) in [5, 5.41) is 0. The number of esters is 1. The quantitative estimate of drug-likeness (QED) is 0.498. The van der Waals surface area contributed by atoms with Gasteiger partial charge in [-0.25, -0.2) is 0 Å². The summed E-state index contributed by atoms with van der Waals surface area (Å²) in [5.74, 6) is -0.205. The SMILES string of the molecule is CC(=O)OCCC(C)=CC(C)(C)C. The molecule has 0 saturated heterocycles. The van der Waals surface area contributed by atoms with Gasteiger partial charge in [0.15, 0.2) is 0 Å². The van der Waals surface area contributed by atoms with Gasteiger partial charge in [0.05, 0.1) is 6.61 Å². The molecule has 0 aliphatic carbocycles. The fourth-order valence-corrected chi connectivity index (χ4v) is 1.17. The van der Waals surface area contributed by atoms with Crippen molar-refractivity contribution in [2.45, 2.75) is 41.0 Å². The zero-order chi connectivity index (χ0) is 10.5. The third kappa shape index (κ3) is 9.12. The van der Waals surface area contributed by atoms with Crippen molar-refractivity contribution in [1.29, 1.82) is 0 Å². The highest BCUT2D eigenvalue weighted by Crippen LogP contribution is 2.18. The molecule has 0 radical (unpaired) electrons. The Balaban J connectivity index is 3.81. The molecule has 0 aromatic heterocycles. The molecule has 0 N–H and O–H groups in total. The molecule has 0 spiro atoms. The van der Waals surface area contributed by atoms with Gasteiger partial charge < -0.3 is 4.74 Å². The molecule has 0 bridgehead atoms. The van der Waals surface area contributed by atoms with Crippen molar-refractivity contribution in [3.63, 3.8) is 0 Å². The average molecular weight is 184 g/mol. The van der Waals surface area contributed by atoms with E-state index in [0.717, 1.165) is 6.42 Å². The summed E-state index contributed by atoms with van der Waals surface area (Å²) in [4.78, 5) is 10.5. The Kier molecular flexibility index (Phi) is 4.74. The van der Waals surface area contributed by atoms with Gasteiger partial charge in [0.1, 0.15) is 0 Å². The zero-order valence-corrected chi connectivity index (χ0v) is 9.31. The topological polar surface area (TPSA) is 26.3 Å². The van der Waals surface area contributed by atoms with E-state index >= 15 is 0 Å². The van der Waals surface area contributed by atoms with Crippen LogP contribution in [0.4, 0.5) is 0 Å². The minimum Gasteiger partial charge on any atom is -0.466 e. The Bertz CT molecular complexity index is 197. The first-order chi connectivity index (χ1) is 5.81. The summed E-state index contributed by atoms with van der Waals surface area (Å²) in [6.45, 7) is 10.5. The lowest BCUT2D eigenvalue weighted by molar-refractivity contribution is -0.140. The molecule has 0 aliphatic heterocycles. The number of carbonyl (C=O) groups excluding carboxylic acids is 1. The van der Waals surface area contributed by atoms with Crippen molar-refractivity contribution >= 4 is 5.97 Å². The van der Waals surface area contributed by atoms with Crippen LogP contribution >= 0.6 is 0 Å². The van der Waals surface area contributed by atoms with Crippen molar-refractivity contribution in [2.24, 2.45) is 5.41 Å². The highest BCUT2D eigenvalue weighted by atomic mass is 16.5. The first-order valence-electron chi connectivity index (χ1n) is 4.63. The van der Waals surface area contributed by atoms with Crippen LogP contribution in [0.5, 0.6) is 0 Å². The second-order valence-electron chi connectivity index (χ2n) is 4.45. The molecule has 0 aromatic carbocycles. The first-order valence-corrected chi connectivity index (χ1v) is 4.63. The molecule has 2 heteroatoms. The maximum Gasteiger partial charge on any atom is 0.302 e. The van der Waals surface area contributed by atoms with E-state index in [0.29, 0.717) is 6.61 Å². The first kappa shape index (κ1) is 12.2. The Hall–Kier alpha value is -0.790. The van der Waals surface area contributed by atoms with E-state index < -0.39 is 0 Å². The molecule has 2 nitrogen and oxygen atoms in total. The van der Waals surface area contributed by atoms with Gasteiger partial charge in [0.2, 0.25) is 0 Å². The van der Waals surface area contributed by atoms with Gasteiger partial charge in [0, 0.05) is 13.3 Å². The lowest BCUT2D eigenvalue weighted by atomic mass is 9.93. The number of carbonyl (C=O) groups is 1. The monoisotopic (exact) mass is 184 g/mol. The van der Waals surface area contributed by atoms with Crippen molar-refractivity contribution in [3.8, 4) is 0 Å². The molecule has 0 fully saturated rings. The molecule has 0 atom stereocenters. The maximum atomic E-state index is 10.5. The van der Waals surface area contributed by atoms with Crippen LogP contribution in [0.2, 0.25) is 0 Å². The average Bonchev–Trinajstić information content (AvgIpc) is 1.81. The van der Waals surface area contributed by atoms with Crippen LogP contribution in [0.3, 0.4) is 0 Å². The molecular formula is C11H20O2. The molecule has 0 aromatic rings. The zero-order valence-electron chi connectivity index (χ0n) is 9.31. The number of ether oxygens (including phenoxy) is 1. The van der Waals surface area contributed by atoms with E-state index in [1.54, 1.807) is 0 Å². The van der Waals surface area contributed by atoms with Crippen LogP contribution in [0.1, 0.15) is 41.0 Å². The van der Waals surface area contributed by atoms with Crippen molar-refractivity contribution in [3.05, 3.63) is 11.6 Å². The second kappa shape index (κ2) is 5.05. The molecule has 0 rings (SSSR count). The molecule has 13 heavy (non-hydrogen) atoms. The van der Waals surface area contributed by atoms with E-state index in [-0.39, 0.29) is 11.4 Å².